The molecule has 0 saturated carbocycles. The van der Waals surface area contributed by atoms with Gasteiger partial charge in [0.25, 0.3) is 0 Å². The maximum atomic E-state index is 13.7. The van der Waals surface area contributed by atoms with E-state index in [0.717, 1.165) is 16.8 Å². The van der Waals surface area contributed by atoms with Crippen molar-refractivity contribution in [2.24, 2.45) is 0 Å². The molecule has 0 aliphatic carbocycles. The number of aromatic nitrogens is 2. The predicted molar refractivity (Wildman–Crippen MR) is 208 cm³/mol. The van der Waals surface area contributed by atoms with Crippen LogP contribution < -0.4 is 5.32 Å². The van der Waals surface area contributed by atoms with Crippen molar-refractivity contribution in [3.63, 3.8) is 0 Å². The summed E-state index contributed by atoms with van der Waals surface area (Å²) in [5.41, 5.74) is 5.37. The minimum atomic E-state index is -4.09. The number of carbonyl (C=O) groups excluding carboxylic acids is 3. The molecule has 2 aliphatic rings. The van der Waals surface area contributed by atoms with Gasteiger partial charge in [-0.05, 0) is 95.1 Å². The van der Waals surface area contributed by atoms with E-state index in [1.54, 1.807) is 48.8 Å². The van der Waals surface area contributed by atoms with Crippen LogP contribution in [0.15, 0.2) is 114 Å². The molecular weight excluding hydrogens is 747 g/mol. The molecule has 5 aromatic rings. The SMILES string of the molecule is C.COC(=O)c1ccc(S(=O)(=O)N2Cc3ccc(Cl)cc3CC(=O)[C@H]2Cc2ccccn2)cc1.O=C1Cc2cc(Cl)ccc2CN[C@@H]1Cc1ccccn1. The lowest BCUT2D eigenvalue weighted by Crippen LogP contribution is -2.45. The third-order valence-corrected chi connectivity index (χ3v) is 11.5. The van der Waals surface area contributed by atoms with Gasteiger partial charge in [0.15, 0.2) is 11.6 Å². The number of esters is 1. The number of halogens is 2. The van der Waals surface area contributed by atoms with Gasteiger partial charge < -0.3 is 10.1 Å². The third kappa shape index (κ3) is 9.65. The van der Waals surface area contributed by atoms with Crippen molar-refractivity contribution >= 4 is 50.8 Å². The summed E-state index contributed by atoms with van der Waals surface area (Å²) in [6.07, 6.45) is 4.63. The van der Waals surface area contributed by atoms with Crippen molar-refractivity contribution in [1.29, 1.82) is 0 Å². The van der Waals surface area contributed by atoms with Crippen LogP contribution in [0.2, 0.25) is 10.0 Å². The number of hydrogen-bond acceptors (Lipinski definition) is 9. The van der Waals surface area contributed by atoms with Gasteiger partial charge in [-0.25, -0.2) is 13.2 Å². The van der Waals surface area contributed by atoms with E-state index in [0.29, 0.717) is 46.3 Å². The molecule has 0 saturated heterocycles. The van der Waals surface area contributed by atoms with Crippen LogP contribution in [0.25, 0.3) is 0 Å². The maximum Gasteiger partial charge on any atom is 0.337 e. The smallest absolute Gasteiger partial charge is 0.337 e. The number of nitrogens with zero attached hydrogens (tertiary/aromatic N) is 3. The first-order valence-corrected chi connectivity index (χ1v) is 19.0. The summed E-state index contributed by atoms with van der Waals surface area (Å²) in [4.78, 5) is 46.0. The van der Waals surface area contributed by atoms with Crippen LogP contribution in [0.4, 0.5) is 0 Å². The molecule has 280 valence electrons. The first-order chi connectivity index (χ1) is 25.5. The van der Waals surface area contributed by atoms with Crippen molar-refractivity contribution in [2.45, 2.75) is 63.2 Å². The largest absolute Gasteiger partial charge is 0.465 e. The molecule has 0 spiro atoms. The molecule has 13 heteroatoms. The highest BCUT2D eigenvalue weighted by molar-refractivity contribution is 7.89. The van der Waals surface area contributed by atoms with Gasteiger partial charge in [-0.1, -0.05) is 54.9 Å². The number of sulfonamides is 1. The zero-order chi connectivity index (χ0) is 37.5. The highest BCUT2D eigenvalue weighted by Crippen LogP contribution is 2.30. The number of carbonyl (C=O) groups is 3. The number of Topliss-reactive ketones (excluding diaryl/α,β-unsaturated/α-hetero) is 2. The lowest BCUT2D eigenvalue weighted by molar-refractivity contribution is -0.122. The normalized spacial score (nSPS) is 17.0. The Hall–Kier alpha value is -4.78. The van der Waals surface area contributed by atoms with Gasteiger partial charge in [-0.15, -0.1) is 0 Å². The summed E-state index contributed by atoms with van der Waals surface area (Å²) in [6, 6.07) is 26.3. The Morgan fingerprint density at radius 3 is 1.94 bits per heavy atom. The highest BCUT2D eigenvalue weighted by Gasteiger charge is 2.39. The Morgan fingerprint density at radius 2 is 1.35 bits per heavy atom. The zero-order valence-corrected chi connectivity index (χ0v) is 31.1. The van der Waals surface area contributed by atoms with Gasteiger partial charge in [0.2, 0.25) is 10.0 Å². The first kappa shape index (κ1) is 40.4. The quantitative estimate of drug-likeness (QED) is 0.180. The van der Waals surface area contributed by atoms with Gasteiger partial charge in [-0.2, -0.15) is 4.31 Å². The molecule has 54 heavy (non-hydrogen) atoms. The number of fused-ring (bicyclic) bond motifs is 2. The lowest BCUT2D eigenvalue weighted by atomic mass is 10.00. The second-order valence-corrected chi connectivity index (χ2v) is 15.4. The van der Waals surface area contributed by atoms with E-state index in [9.17, 15) is 22.8 Å². The first-order valence-electron chi connectivity index (χ1n) is 16.9. The molecule has 0 fully saturated rings. The standard InChI is InChI=1S/C24H21ClN2O5S.C16H15ClN2O.CH4/c1-32-24(29)16-6-9-21(10-7-16)33(30,31)27-15-17-5-8-19(25)12-18(17)13-23(28)22(27)14-20-4-2-3-11-26-20;17-13-5-4-11-10-19-15(16(20)8-12(11)7-13)9-14-3-1-2-6-18-14;/h2-12,22H,13-15H2,1H3;1-7,15,19H,8-10H2;1H4/t22-;15-;/m11./s1. The molecule has 0 amide bonds. The summed E-state index contributed by atoms with van der Waals surface area (Å²) in [7, 11) is -2.84. The van der Waals surface area contributed by atoms with Gasteiger partial charge in [-0.3, -0.25) is 19.6 Å². The van der Waals surface area contributed by atoms with Crippen LogP contribution in [0.5, 0.6) is 0 Å². The number of methoxy groups -OCH3 is 1. The monoisotopic (exact) mass is 786 g/mol. The van der Waals surface area contributed by atoms with Crippen LogP contribution in [-0.4, -0.2) is 59.4 Å². The highest BCUT2D eigenvalue weighted by atomic mass is 35.5. The van der Waals surface area contributed by atoms with Gasteiger partial charge in [0.05, 0.1) is 29.7 Å². The second-order valence-electron chi connectivity index (χ2n) is 12.7. The van der Waals surface area contributed by atoms with Crippen molar-refractivity contribution in [2.75, 3.05) is 7.11 Å². The van der Waals surface area contributed by atoms with E-state index < -0.39 is 22.0 Å². The van der Waals surface area contributed by atoms with E-state index in [-0.39, 0.29) is 54.9 Å². The average molecular weight is 788 g/mol. The number of ketones is 2. The van der Waals surface area contributed by atoms with Crippen LogP contribution in [0.3, 0.4) is 0 Å². The third-order valence-electron chi connectivity index (χ3n) is 9.19. The average Bonchev–Trinajstić information content (AvgIpc) is 3.40. The fourth-order valence-corrected chi connectivity index (χ4v) is 8.34. The predicted octanol–water partition coefficient (Wildman–Crippen LogP) is 6.65. The number of ether oxygens (including phenoxy) is 1. The minimum absolute atomic E-state index is 0. The maximum absolute atomic E-state index is 13.7. The van der Waals surface area contributed by atoms with E-state index in [2.05, 4.69) is 20.0 Å². The Balaban J connectivity index is 0.000000228. The molecule has 4 heterocycles. The van der Waals surface area contributed by atoms with Crippen LogP contribution >= 0.6 is 23.2 Å². The summed E-state index contributed by atoms with van der Waals surface area (Å²) in [5, 5.41) is 4.49. The van der Waals surface area contributed by atoms with E-state index in [1.165, 1.54) is 35.7 Å². The Kier molecular flexibility index (Phi) is 13.5. The number of rotatable bonds is 7. The Bertz CT molecular complexity index is 2220. The Morgan fingerprint density at radius 1 is 0.778 bits per heavy atom. The fraction of sp³-hybridized carbons (Fsp3) is 0.244. The molecular formula is C41H40Cl2N4O6S. The van der Waals surface area contributed by atoms with Crippen molar-refractivity contribution < 1.29 is 27.5 Å². The number of benzene rings is 3. The van der Waals surface area contributed by atoms with E-state index in [4.69, 9.17) is 23.2 Å². The fourth-order valence-electron chi connectivity index (χ4n) is 6.36. The van der Waals surface area contributed by atoms with E-state index >= 15 is 0 Å². The van der Waals surface area contributed by atoms with Gasteiger partial charge in [0, 0.05) is 72.6 Å². The molecule has 3 aromatic carbocycles. The van der Waals surface area contributed by atoms with Crippen LogP contribution in [0, 0.1) is 0 Å². The molecule has 2 aromatic heterocycles. The van der Waals surface area contributed by atoms with Crippen molar-refractivity contribution in [1.82, 2.24) is 19.6 Å². The van der Waals surface area contributed by atoms with Crippen LogP contribution in [-0.2, 0) is 63.1 Å². The van der Waals surface area contributed by atoms with Crippen molar-refractivity contribution in [3.05, 3.63) is 159 Å². The molecule has 1 N–H and O–H groups in total. The lowest BCUT2D eigenvalue weighted by Gasteiger charge is -2.28. The zero-order valence-electron chi connectivity index (χ0n) is 28.7. The molecule has 0 bridgehead atoms. The Labute approximate surface area is 325 Å². The number of pyridine rings is 2. The molecule has 0 unspecified atom stereocenters. The molecule has 0 radical (unpaired) electrons. The van der Waals surface area contributed by atoms with Gasteiger partial charge >= 0.3 is 5.97 Å². The summed E-state index contributed by atoms with van der Waals surface area (Å²) in [5.74, 6) is -0.615. The van der Waals surface area contributed by atoms with Gasteiger partial charge in [0.1, 0.15) is 0 Å². The summed E-state index contributed by atoms with van der Waals surface area (Å²) >= 11 is 12.1. The summed E-state index contributed by atoms with van der Waals surface area (Å²) in [6.45, 7) is 0.701. The topological polar surface area (TPSA) is 136 Å². The minimum Gasteiger partial charge on any atom is -0.465 e. The molecule has 2 aliphatic heterocycles. The number of nitrogens with one attached hydrogen (secondary N) is 1. The van der Waals surface area contributed by atoms with E-state index in [1.807, 2.05) is 36.4 Å². The summed E-state index contributed by atoms with van der Waals surface area (Å²) < 4.78 is 33.3. The molecule has 2 atom stereocenters. The molecule has 7 rings (SSSR count). The van der Waals surface area contributed by atoms with Crippen LogP contribution in [0.1, 0.15) is 51.4 Å². The van der Waals surface area contributed by atoms with Crippen molar-refractivity contribution in [3.8, 4) is 0 Å². The second kappa shape index (κ2) is 18.0. The molecule has 10 nitrogen and oxygen atoms in total. The number of hydrogen-bond donors (Lipinski definition) is 1.